The van der Waals surface area contributed by atoms with Crippen molar-refractivity contribution in [2.75, 3.05) is 39.5 Å². The van der Waals surface area contributed by atoms with E-state index in [0.29, 0.717) is 28.5 Å². The van der Waals surface area contributed by atoms with Crippen LogP contribution in [0.2, 0.25) is 0 Å². The molecule has 0 atom stereocenters. The second kappa shape index (κ2) is 7.89. The first-order valence-corrected chi connectivity index (χ1v) is 9.20. The van der Waals surface area contributed by atoms with Crippen molar-refractivity contribution >= 4 is 21.9 Å². The molecule has 5 heteroatoms. The molecule has 26 heavy (non-hydrogen) atoms. The number of morpholine rings is 1. The predicted molar refractivity (Wildman–Crippen MR) is 102 cm³/mol. The Kier molecular flexibility index (Phi) is 5.18. The highest BCUT2D eigenvalue weighted by Gasteiger charge is 2.10. The van der Waals surface area contributed by atoms with Gasteiger partial charge >= 0.3 is 0 Å². The van der Waals surface area contributed by atoms with Gasteiger partial charge in [0.15, 0.2) is 0 Å². The van der Waals surface area contributed by atoms with Gasteiger partial charge in [0.05, 0.1) is 30.6 Å². The molecule has 0 bridgehead atoms. The maximum Gasteiger partial charge on any atom is 0.200 e. The molecule has 1 saturated heterocycles. The summed E-state index contributed by atoms with van der Waals surface area (Å²) >= 11 is 0. The molecule has 2 aromatic carbocycles. The second-order valence-electron chi connectivity index (χ2n) is 6.59. The average molecular weight is 353 g/mol. The Bertz CT molecular complexity index is 944. The molecule has 3 aromatic rings. The van der Waals surface area contributed by atoms with Crippen molar-refractivity contribution in [3.63, 3.8) is 0 Å². The van der Waals surface area contributed by atoms with Gasteiger partial charge in [0, 0.05) is 19.2 Å². The fraction of sp³-hybridized carbons (Fsp3) is 0.381. The van der Waals surface area contributed by atoms with Gasteiger partial charge in [0.25, 0.3) is 0 Å². The minimum Gasteiger partial charge on any atom is -0.493 e. The molecule has 1 aliphatic heterocycles. The lowest BCUT2D eigenvalue weighted by Gasteiger charge is -2.26. The van der Waals surface area contributed by atoms with Gasteiger partial charge in [-0.2, -0.15) is 0 Å². The fourth-order valence-corrected chi connectivity index (χ4v) is 3.32. The van der Waals surface area contributed by atoms with Crippen LogP contribution in [0.3, 0.4) is 0 Å². The van der Waals surface area contributed by atoms with Crippen molar-refractivity contribution in [3.05, 3.63) is 52.7 Å². The number of fused-ring (bicyclic) bond motifs is 2. The highest BCUT2D eigenvalue weighted by atomic mass is 16.5. The van der Waals surface area contributed by atoms with Crippen LogP contribution in [0, 0.1) is 0 Å². The van der Waals surface area contributed by atoms with E-state index in [1.165, 1.54) is 0 Å². The van der Waals surface area contributed by atoms with E-state index in [2.05, 4.69) is 4.90 Å². The summed E-state index contributed by atoms with van der Waals surface area (Å²) < 4.78 is 17.1. The minimum absolute atomic E-state index is 0.00101. The number of nitrogens with zero attached hydrogens (tertiary/aromatic N) is 1. The molecule has 0 amide bonds. The number of benzene rings is 2. The zero-order chi connectivity index (χ0) is 17.8. The predicted octanol–water partition coefficient (Wildman–Crippen LogP) is 3.44. The molecule has 0 aliphatic carbocycles. The molecular weight excluding hydrogens is 330 g/mol. The van der Waals surface area contributed by atoms with Crippen molar-refractivity contribution in [1.82, 2.24) is 4.90 Å². The van der Waals surface area contributed by atoms with Gasteiger partial charge in [-0.25, -0.2) is 0 Å². The minimum atomic E-state index is -0.00101. The first-order chi connectivity index (χ1) is 12.8. The summed E-state index contributed by atoms with van der Waals surface area (Å²) in [7, 11) is 0. The molecule has 1 fully saturated rings. The van der Waals surface area contributed by atoms with Gasteiger partial charge in [-0.1, -0.05) is 12.1 Å². The lowest BCUT2D eigenvalue weighted by Crippen LogP contribution is -2.36. The summed E-state index contributed by atoms with van der Waals surface area (Å²) in [6.45, 7) is 5.48. The van der Waals surface area contributed by atoms with E-state index < -0.39 is 0 Å². The highest BCUT2D eigenvalue weighted by molar-refractivity contribution is 5.90. The lowest BCUT2D eigenvalue weighted by molar-refractivity contribution is 0.0368. The smallest absolute Gasteiger partial charge is 0.200 e. The zero-order valence-corrected chi connectivity index (χ0v) is 14.8. The average Bonchev–Trinajstić information content (AvgIpc) is 2.68. The van der Waals surface area contributed by atoms with Crippen LogP contribution in [-0.2, 0) is 4.74 Å². The molecule has 0 saturated carbocycles. The molecule has 1 aromatic heterocycles. The lowest BCUT2D eigenvalue weighted by atomic mass is 10.1. The fourth-order valence-electron chi connectivity index (χ4n) is 3.32. The Labute approximate surface area is 152 Å². The quantitative estimate of drug-likeness (QED) is 0.502. The Morgan fingerprint density at radius 1 is 0.962 bits per heavy atom. The summed E-state index contributed by atoms with van der Waals surface area (Å²) in [6.07, 6.45) is 2.10. The van der Waals surface area contributed by atoms with E-state index in [-0.39, 0.29) is 5.43 Å². The number of rotatable bonds is 6. The number of hydrogen-bond acceptors (Lipinski definition) is 5. The maximum absolute atomic E-state index is 12.5. The molecule has 0 unspecified atom stereocenters. The van der Waals surface area contributed by atoms with Crippen molar-refractivity contribution < 1.29 is 13.9 Å². The van der Waals surface area contributed by atoms with Gasteiger partial charge in [-0.3, -0.25) is 9.69 Å². The number of unbranched alkanes of at least 4 members (excludes halogenated alkanes) is 1. The summed E-state index contributed by atoms with van der Waals surface area (Å²) in [4.78, 5) is 15.0. The Morgan fingerprint density at radius 2 is 1.77 bits per heavy atom. The number of ether oxygens (including phenoxy) is 2. The molecular formula is C21H23NO4. The zero-order valence-electron chi connectivity index (χ0n) is 14.8. The molecule has 2 heterocycles. The first-order valence-electron chi connectivity index (χ1n) is 9.20. The van der Waals surface area contributed by atoms with Crippen molar-refractivity contribution in [2.24, 2.45) is 0 Å². The number of para-hydroxylation sites is 1. The van der Waals surface area contributed by atoms with Gasteiger partial charge < -0.3 is 13.9 Å². The van der Waals surface area contributed by atoms with Crippen LogP contribution in [0.25, 0.3) is 21.9 Å². The third-order valence-electron chi connectivity index (χ3n) is 4.79. The maximum atomic E-state index is 12.5. The Balaban J connectivity index is 1.38. The molecule has 136 valence electrons. The molecule has 0 radical (unpaired) electrons. The Morgan fingerprint density at radius 3 is 2.65 bits per heavy atom. The van der Waals surface area contributed by atoms with Crippen molar-refractivity contribution in [2.45, 2.75) is 12.8 Å². The van der Waals surface area contributed by atoms with Crippen molar-refractivity contribution in [1.29, 1.82) is 0 Å². The summed E-state index contributed by atoms with van der Waals surface area (Å²) in [5.41, 5.74) is 1.17. The second-order valence-corrected chi connectivity index (χ2v) is 6.59. The summed E-state index contributed by atoms with van der Waals surface area (Å²) in [5, 5.41) is 1.19. The van der Waals surface area contributed by atoms with Gasteiger partial charge in [0.2, 0.25) is 5.43 Å². The molecule has 0 N–H and O–H groups in total. The van der Waals surface area contributed by atoms with Crippen LogP contribution in [0.1, 0.15) is 12.8 Å². The third-order valence-corrected chi connectivity index (χ3v) is 4.79. The van der Waals surface area contributed by atoms with Gasteiger partial charge in [-0.15, -0.1) is 0 Å². The molecule has 1 aliphatic rings. The van der Waals surface area contributed by atoms with E-state index in [9.17, 15) is 4.79 Å². The van der Waals surface area contributed by atoms with E-state index in [4.69, 9.17) is 13.9 Å². The first kappa shape index (κ1) is 17.1. The van der Waals surface area contributed by atoms with Crippen LogP contribution in [0.4, 0.5) is 0 Å². The summed E-state index contributed by atoms with van der Waals surface area (Å²) in [5.74, 6) is 0.738. The normalized spacial score (nSPS) is 15.5. The summed E-state index contributed by atoms with van der Waals surface area (Å²) in [6, 6.07) is 12.8. The van der Waals surface area contributed by atoms with Gasteiger partial charge in [0.1, 0.15) is 16.9 Å². The topological polar surface area (TPSA) is 51.9 Å². The molecule has 4 rings (SSSR count). The Hall–Kier alpha value is -2.37. The monoisotopic (exact) mass is 353 g/mol. The van der Waals surface area contributed by atoms with E-state index in [0.717, 1.165) is 51.4 Å². The van der Waals surface area contributed by atoms with Crippen LogP contribution < -0.4 is 10.2 Å². The SMILES string of the molecule is O=c1c2ccccc2oc2cc(OCCCCN3CCOCC3)ccc12. The molecule has 0 spiro atoms. The van der Waals surface area contributed by atoms with Crippen LogP contribution >= 0.6 is 0 Å². The van der Waals surface area contributed by atoms with Crippen LogP contribution in [0.5, 0.6) is 5.75 Å². The van der Waals surface area contributed by atoms with Gasteiger partial charge in [-0.05, 0) is 43.7 Å². The number of hydrogen-bond donors (Lipinski definition) is 0. The van der Waals surface area contributed by atoms with E-state index in [1.54, 1.807) is 12.1 Å². The standard InChI is InChI=1S/C21H23NO4/c23-21-17-5-1-2-6-19(17)26-20-15-16(7-8-18(20)21)25-12-4-3-9-22-10-13-24-14-11-22/h1-2,5-8,15H,3-4,9-14H2. The van der Waals surface area contributed by atoms with E-state index in [1.807, 2.05) is 30.3 Å². The third kappa shape index (κ3) is 3.74. The van der Waals surface area contributed by atoms with Crippen LogP contribution in [0.15, 0.2) is 51.7 Å². The largest absolute Gasteiger partial charge is 0.493 e. The van der Waals surface area contributed by atoms with Crippen LogP contribution in [-0.4, -0.2) is 44.4 Å². The highest BCUT2D eigenvalue weighted by Crippen LogP contribution is 2.23. The van der Waals surface area contributed by atoms with E-state index >= 15 is 0 Å². The van der Waals surface area contributed by atoms with Crippen molar-refractivity contribution in [3.8, 4) is 5.75 Å². The molecule has 5 nitrogen and oxygen atoms in total.